The Hall–Kier alpha value is -1.94. The summed E-state index contributed by atoms with van der Waals surface area (Å²) in [7, 11) is 0. The number of nitro groups is 1. The van der Waals surface area contributed by atoms with Gasteiger partial charge in [0.05, 0.1) is 11.5 Å². The van der Waals surface area contributed by atoms with Crippen molar-refractivity contribution in [1.29, 1.82) is 5.26 Å². The highest BCUT2D eigenvalue weighted by atomic mass is 79.9. The second kappa shape index (κ2) is 6.12. The predicted octanol–water partition coefficient (Wildman–Crippen LogP) is 2.54. The third kappa shape index (κ3) is 2.65. The summed E-state index contributed by atoms with van der Waals surface area (Å²) in [5, 5.41) is 20.1. The molecule has 0 bridgehead atoms. The number of carbonyl (C=O) groups is 1. The highest BCUT2D eigenvalue weighted by molar-refractivity contribution is 9.08. The smallest absolute Gasteiger partial charge is 0.345 e. The summed E-state index contributed by atoms with van der Waals surface area (Å²) >= 11 is 3.14. The zero-order valence-corrected chi connectivity index (χ0v) is 11.1. The standard InChI is InChI=1S/C11H9BrN2O4/c1-2-18-11(15)9-7(5-12)3-4-8(6-13)10(9)14(16)17/h3-4H,2,5H2,1H3. The second-order valence-electron chi connectivity index (χ2n) is 3.22. The Bertz CT molecular complexity index is 537. The van der Waals surface area contributed by atoms with Crippen molar-refractivity contribution in [3.05, 3.63) is 38.9 Å². The molecule has 0 aliphatic rings. The molecule has 1 aromatic carbocycles. The van der Waals surface area contributed by atoms with Gasteiger partial charge in [-0.1, -0.05) is 22.0 Å². The van der Waals surface area contributed by atoms with Crippen LogP contribution in [0.1, 0.15) is 28.4 Å². The van der Waals surface area contributed by atoms with Gasteiger partial charge in [-0.05, 0) is 18.6 Å². The minimum Gasteiger partial charge on any atom is -0.462 e. The molecule has 1 aromatic rings. The lowest BCUT2D eigenvalue weighted by molar-refractivity contribution is -0.385. The molecule has 0 atom stereocenters. The molecule has 18 heavy (non-hydrogen) atoms. The molecule has 0 saturated carbocycles. The molecule has 0 radical (unpaired) electrons. The number of benzene rings is 1. The minimum atomic E-state index is -0.796. The number of ether oxygens (including phenoxy) is 1. The summed E-state index contributed by atoms with van der Waals surface area (Å²) in [5.74, 6) is -0.796. The Kier molecular flexibility index (Phi) is 4.80. The van der Waals surface area contributed by atoms with Gasteiger partial charge < -0.3 is 4.74 Å². The van der Waals surface area contributed by atoms with Crippen LogP contribution < -0.4 is 0 Å². The fourth-order valence-corrected chi connectivity index (χ4v) is 1.92. The maximum absolute atomic E-state index is 11.8. The van der Waals surface area contributed by atoms with E-state index >= 15 is 0 Å². The number of hydrogen-bond acceptors (Lipinski definition) is 5. The Morgan fingerprint density at radius 1 is 1.61 bits per heavy atom. The lowest BCUT2D eigenvalue weighted by atomic mass is 10.0. The van der Waals surface area contributed by atoms with E-state index in [9.17, 15) is 14.9 Å². The van der Waals surface area contributed by atoms with Crippen LogP contribution >= 0.6 is 15.9 Å². The Morgan fingerprint density at radius 2 is 2.28 bits per heavy atom. The molecule has 0 fully saturated rings. The van der Waals surface area contributed by atoms with E-state index in [-0.39, 0.29) is 23.1 Å². The van der Waals surface area contributed by atoms with E-state index in [1.165, 1.54) is 12.1 Å². The first kappa shape index (κ1) is 14.1. The van der Waals surface area contributed by atoms with Gasteiger partial charge in [-0.15, -0.1) is 0 Å². The van der Waals surface area contributed by atoms with Gasteiger partial charge in [0.15, 0.2) is 0 Å². The molecule has 0 aromatic heterocycles. The normalized spacial score (nSPS) is 9.61. The molecule has 0 unspecified atom stereocenters. The molecule has 0 aliphatic heterocycles. The van der Waals surface area contributed by atoms with Crippen molar-refractivity contribution in [1.82, 2.24) is 0 Å². The van der Waals surface area contributed by atoms with Crippen molar-refractivity contribution >= 4 is 27.6 Å². The quantitative estimate of drug-likeness (QED) is 0.368. The molecule has 6 nitrogen and oxygen atoms in total. The van der Waals surface area contributed by atoms with E-state index in [1.54, 1.807) is 13.0 Å². The van der Waals surface area contributed by atoms with Crippen LogP contribution in [0.2, 0.25) is 0 Å². The van der Waals surface area contributed by atoms with Gasteiger partial charge in [-0.3, -0.25) is 10.1 Å². The average molecular weight is 313 g/mol. The molecular weight excluding hydrogens is 304 g/mol. The molecule has 0 saturated heterocycles. The number of hydrogen-bond donors (Lipinski definition) is 0. The molecular formula is C11H9BrN2O4. The van der Waals surface area contributed by atoms with Gasteiger partial charge in [0, 0.05) is 5.33 Å². The van der Waals surface area contributed by atoms with E-state index in [0.29, 0.717) is 5.56 Å². The molecule has 94 valence electrons. The molecule has 0 amide bonds. The van der Waals surface area contributed by atoms with Crippen LogP contribution in [0, 0.1) is 21.4 Å². The summed E-state index contributed by atoms with van der Waals surface area (Å²) in [6.45, 7) is 1.71. The van der Waals surface area contributed by atoms with E-state index in [4.69, 9.17) is 10.00 Å². The number of alkyl halides is 1. The van der Waals surface area contributed by atoms with Gasteiger partial charge >= 0.3 is 11.7 Å². The van der Waals surface area contributed by atoms with E-state index in [2.05, 4.69) is 15.9 Å². The number of nitriles is 1. The number of esters is 1. The first-order chi connectivity index (χ1) is 8.56. The molecule has 0 spiro atoms. The van der Waals surface area contributed by atoms with E-state index < -0.39 is 16.6 Å². The summed E-state index contributed by atoms with van der Waals surface area (Å²) < 4.78 is 4.79. The fourth-order valence-electron chi connectivity index (χ4n) is 1.46. The zero-order chi connectivity index (χ0) is 13.7. The molecule has 0 aliphatic carbocycles. The van der Waals surface area contributed by atoms with Gasteiger partial charge in [-0.2, -0.15) is 5.26 Å². The van der Waals surface area contributed by atoms with Crippen molar-refractivity contribution in [2.45, 2.75) is 12.3 Å². The highest BCUT2D eigenvalue weighted by Crippen LogP contribution is 2.29. The minimum absolute atomic E-state index is 0.106. The Labute approximate surface area is 111 Å². The fraction of sp³-hybridized carbons (Fsp3) is 0.273. The van der Waals surface area contributed by atoms with Crippen LogP contribution in [0.15, 0.2) is 12.1 Å². The van der Waals surface area contributed by atoms with E-state index in [1.807, 2.05) is 0 Å². The lowest BCUT2D eigenvalue weighted by Crippen LogP contribution is -2.12. The Morgan fingerprint density at radius 3 is 2.72 bits per heavy atom. The van der Waals surface area contributed by atoms with Gasteiger partial charge in [0.2, 0.25) is 0 Å². The van der Waals surface area contributed by atoms with Crippen LogP contribution in [0.4, 0.5) is 5.69 Å². The van der Waals surface area contributed by atoms with Crippen molar-refractivity contribution in [3.63, 3.8) is 0 Å². The van der Waals surface area contributed by atoms with Gasteiger partial charge in [0.25, 0.3) is 0 Å². The summed E-state index contributed by atoms with van der Waals surface area (Å²) in [5.41, 5.74) is -0.419. The van der Waals surface area contributed by atoms with Crippen molar-refractivity contribution < 1.29 is 14.5 Å². The van der Waals surface area contributed by atoms with E-state index in [0.717, 1.165) is 0 Å². The maximum atomic E-state index is 11.8. The zero-order valence-electron chi connectivity index (χ0n) is 9.47. The highest BCUT2D eigenvalue weighted by Gasteiger charge is 2.28. The molecule has 0 N–H and O–H groups in total. The SMILES string of the molecule is CCOC(=O)c1c(CBr)ccc(C#N)c1[N+](=O)[O-]. The monoisotopic (exact) mass is 312 g/mol. The van der Waals surface area contributed by atoms with Crippen LogP contribution in [-0.4, -0.2) is 17.5 Å². The van der Waals surface area contributed by atoms with Gasteiger partial charge in [-0.25, -0.2) is 4.79 Å². The lowest BCUT2D eigenvalue weighted by Gasteiger charge is -2.08. The number of halogens is 1. The molecule has 7 heteroatoms. The third-order valence-corrected chi connectivity index (χ3v) is 2.79. The largest absolute Gasteiger partial charge is 0.462 e. The summed E-state index contributed by atoms with van der Waals surface area (Å²) in [4.78, 5) is 22.0. The van der Waals surface area contributed by atoms with Crippen molar-refractivity contribution in [2.24, 2.45) is 0 Å². The first-order valence-corrected chi connectivity index (χ1v) is 6.12. The molecule has 0 heterocycles. The first-order valence-electron chi connectivity index (χ1n) is 5.00. The number of nitrogens with zero attached hydrogens (tertiary/aromatic N) is 2. The topological polar surface area (TPSA) is 93.2 Å². The van der Waals surface area contributed by atoms with Crippen LogP contribution in [0.5, 0.6) is 0 Å². The van der Waals surface area contributed by atoms with Crippen LogP contribution in [0.25, 0.3) is 0 Å². The predicted molar refractivity (Wildman–Crippen MR) is 66.4 cm³/mol. The summed E-state index contributed by atoms with van der Waals surface area (Å²) in [6, 6.07) is 4.51. The van der Waals surface area contributed by atoms with Crippen molar-refractivity contribution in [3.8, 4) is 6.07 Å². The Balaban J connectivity index is 3.56. The van der Waals surface area contributed by atoms with Crippen LogP contribution in [0.3, 0.4) is 0 Å². The second-order valence-corrected chi connectivity index (χ2v) is 3.78. The van der Waals surface area contributed by atoms with Gasteiger partial charge in [0.1, 0.15) is 17.2 Å². The number of nitro benzene ring substituents is 1. The van der Waals surface area contributed by atoms with Crippen LogP contribution in [-0.2, 0) is 10.1 Å². The number of rotatable bonds is 4. The number of carbonyl (C=O) groups excluding carboxylic acids is 1. The summed E-state index contributed by atoms with van der Waals surface area (Å²) in [6.07, 6.45) is 0. The maximum Gasteiger partial charge on any atom is 0.345 e. The van der Waals surface area contributed by atoms with Crippen molar-refractivity contribution in [2.75, 3.05) is 6.61 Å². The third-order valence-electron chi connectivity index (χ3n) is 2.19. The molecule has 1 rings (SSSR count). The average Bonchev–Trinajstić information content (AvgIpc) is 2.36.